The fourth-order valence-electron chi connectivity index (χ4n) is 2.71. The van der Waals surface area contributed by atoms with Crippen molar-refractivity contribution in [2.45, 2.75) is 25.9 Å². The number of benzene rings is 2. The van der Waals surface area contributed by atoms with Gasteiger partial charge in [-0.3, -0.25) is 14.4 Å². The van der Waals surface area contributed by atoms with E-state index in [1.54, 1.807) is 48.5 Å². The van der Waals surface area contributed by atoms with Crippen molar-refractivity contribution in [1.82, 2.24) is 0 Å². The number of nitrogens with one attached hydrogen (secondary N) is 1. The number of Topliss-reactive ketones (excluding diaryl/α,β-unsaturated/α-hetero) is 1. The molecule has 3 aromatic rings. The van der Waals surface area contributed by atoms with Gasteiger partial charge in [0, 0.05) is 17.7 Å². The number of hydrogen-bond donors (Lipinski definition) is 1. The summed E-state index contributed by atoms with van der Waals surface area (Å²) in [6, 6.07) is 19.7. The van der Waals surface area contributed by atoms with Gasteiger partial charge >= 0.3 is 5.97 Å². The van der Waals surface area contributed by atoms with Crippen LogP contribution in [0.4, 0.5) is 5.69 Å². The number of ether oxygens (including phenoxy) is 1. The highest BCUT2D eigenvalue weighted by molar-refractivity contribution is 7.12. The first kappa shape index (κ1) is 20.5. The highest BCUT2D eigenvalue weighted by Gasteiger charge is 2.25. The first-order valence-electron chi connectivity index (χ1n) is 9.21. The lowest BCUT2D eigenvalue weighted by Gasteiger charge is -2.18. The minimum Gasteiger partial charge on any atom is -0.447 e. The zero-order valence-corrected chi connectivity index (χ0v) is 16.8. The summed E-state index contributed by atoms with van der Waals surface area (Å²) in [6.45, 7) is 1.96. The smallest absolute Gasteiger partial charge is 0.307 e. The number of hydrogen-bond acceptors (Lipinski definition) is 5. The summed E-state index contributed by atoms with van der Waals surface area (Å²) in [6.07, 6.45) is -1.14. The van der Waals surface area contributed by atoms with Gasteiger partial charge in [0.15, 0.2) is 5.78 Å². The summed E-state index contributed by atoms with van der Waals surface area (Å²) < 4.78 is 5.46. The molecule has 148 valence electrons. The number of carbonyl (C=O) groups excluding carboxylic acids is 3. The van der Waals surface area contributed by atoms with E-state index in [0.29, 0.717) is 16.1 Å². The van der Waals surface area contributed by atoms with Gasteiger partial charge in [-0.15, -0.1) is 11.3 Å². The first-order chi connectivity index (χ1) is 14.0. The molecule has 0 radical (unpaired) electrons. The maximum Gasteiger partial charge on any atom is 0.307 e. The van der Waals surface area contributed by atoms with Crippen molar-refractivity contribution in [3.05, 3.63) is 88.1 Å². The second-order valence-electron chi connectivity index (χ2n) is 6.54. The Labute approximate surface area is 173 Å². The Bertz CT molecular complexity index is 966. The lowest BCUT2D eigenvalue weighted by atomic mass is 10.1. The molecule has 6 heteroatoms. The van der Waals surface area contributed by atoms with E-state index in [-0.39, 0.29) is 18.6 Å². The summed E-state index contributed by atoms with van der Waals surface area (Å²) in [7, 11) is 0. The van der Waals surface area contributed by atoms with Crippen LogP contribution in [0.1, 0.15) is 39.7 Å². The summed E-state index contributed by atoms with van der Waals surface area (Å²) in [5, 5.41) is 4.59. The number of ketones is 1. The largest absolute Gasteiger partial charge is 0.447 e. The summed E-state index contributed by atoms with van der Waals surface area (Å²) >= 11 is 1.33. The van der Waals surface area contributed by atoms with E-state index in [1.165, 1.54) is 11.3 Å². The fourth-order valence-corrected chi connectivity index (χ4v) is 3.41. The van der Waals surface area contributed by atoms with Gasteiger partial charge in [0.1, 0.15) is 0 Å². The third-order valence-corrected chi connectivity index (χ3v) is 5.17. The summed E-state index contributed by atoms with van der Waals surface area (Å²) in [5.74, 6) is -1.15. The average Bonchev–Trinajstić information content (AvgIpc) is 3.27. The van der Waals surface area contributed by atoms with Gasteiger partial charge < -0.3 is 10.1 Å². The van der Waals surface area contributed by atoms with Gasteiger partial charge in [0.05, 0.1) is 11.3 Å². The molecule has 0 aliphatic rings. The molecule has 1 amide bonds. The van der Waals surface area contributed by atoms with Crippen molar-refractivity contribution in [2.24, 2.45) is 0 Å². The number of carbonyl (C=O) groups is 3. The van der Waals surface area contributed by atoms with E-state index < -0.39 is 18.0 Å². The van der Waals surface area contributed by atoms with Crippen molar-refractivity contribution in [3.63, 3.8) is 0 Å². The van der Waals surface area contributed by atoms with E-state index in [1.807, 2.05) is 30.5 Å². The summed E-state index contributed by atoms with van der Waals surface area (Å²) in [5.41, 5.74) is 2.25. The van der Waals surface area contributed by atoms with E-state index >= 15 is 0 Å². The molecule has 5 nitrogen and oxygen atoms in total. The Hall–Kier alpha value is -3.25. The quantitative estimate of drug-likeness (QED) is 0.424. The zero-order chi connectivity index (χ0) is 20.6. The molecule has 0 spiro atoms. The molecule has 0 aliphatic carbocycles. The standard InChI is InChI=1S/C23H21NO4S/c1-16-9-11-18(12-10-16)24-23(27)22(17-6-3-2-4-7-17)28-21(26)14-13-19(25)20-8-5-15-29-20/h2-12,15,22H,13-14H2,1H3,(H,24,27)/t22-/m0/s1. The molecule has 3 rings (SSSR count). The molecule has 0 unspecified atom stereocenters. The molecule has 0 aliphatic heterocycles. The molecule has 1 heterocycles. The summed E-state index contributed by atoms with van der Waals surface area (Å²) in [4.78, 5) is 37.9. The minimum absolute atomic E-state index is 0.0421. The molecule has 1 aromatic heterocycles. The molecule has 2 aromatic carbocycles. The van der Waals surface area contributed by atoms with Crippen LogP contribution in [-0.4, -0.2) is 17.7 Å². The van der Waals surface area contributed by atoms with E-state index in [4.69, 9.17) is 4.74 Å². The van der Waals surface area contributed by atoms with Crippen LogP contribution in [0, 0.1) is 6.92 Å². The Morgan fingerprint density at radius 2 is 1.66 bits per heavy atom. The molecular weight excluding hydrogens is 386 g/mol. The number of thiophene rings is 1. The van der Waals surface area contributed by atoms with Crippen molar-refractivity contribution in [2.75, 3.05) is 5.32 Å². The topological polar surface area (TPSA) is 72.5 Å². The number of anilines is 1. The highest BCUT2D eigenvalue weighted by Crippen LogP contribution is 2.22. The lowest BCUT2D eigenvalue weighted by molar-refractivity contribution is -0.154. The molecule has 1 atom stereocenters. The minimum atomic E-state index is -1.10. The third kappa shape index (κ3) is 5.86. The van der Waals surface area contributed by atoms with Crippen LogP contribution in [0.3, 0.4) is 0 Å². The number of rotatable bonds is 8. The maximum absolute atomic E-state index is 12.8. The average molecular weight is 407 g/mol. The van der Waals surface area contributed by atoms with Crippen molar-refractivity contribution in [1.29, 1.82) is 0 Å². The first-order valence-corrected chi connectivity index (χ1v) is 10.1. The molecule has 29 heavy (non-hydrogen) atoms. The Kier molecular flexibility index (Phi) is 6.92. The van der Waals surface area contributed by atoms with Crippen LogP contribution in [0.2, 0.25) is 0 Å². The Balaban J connectivity index is 1.66. The second-order valence-corrected chi connectivity index (χ2v) is 7.48. The molecule has 1 N–H and O–H groups in total. The van der Waals surface area contributed by atoms with Gasteiger partial charge in [-0.1, -0.05) is 54.1 Å². The monoisotopic (exact) mass is 407 g/mol. The molecule has 0 saturated heterocycles. The van der Waals surface area contributed by atoms with Crippen molar-refractivity contribution in [3.8, 4) is 0 Å². The zero-order valence-electron chi connectivity index (χ0n) is 16.0. The van der Waals surface area contributed by atoms with Gasteiger partial charge in [0.25, 0.3) is 5.91 Å². The normalized spacial score (nSPS) is 11.5. The SMILES string of the molecule is Cc1ccc(NC(=O)[C@@H](OC(=O)CCC(=O)c2cccs2)c2ccccc2)cc1. The van der Waals surface area contributed by atoms with Crippen LogP contribution in [0.25, 0.3) is 0 Å². The number of amides is 1. The third-order valence-electron chi connectivity index (χ3n) is 4.26. The van der Waals surface area contributed by atoms with Crippen LogP contribution in [0.15, 0.2) is 72.1 Å². The van der Waals surface area contributed by atoms with Crippen LogP contribution in [0.5, 0.6) is 0 Å². The van der Waals surface area contributed by atoms with Crippen LogP contribution < -0.4 is 5.32 Å². The van der Waals surface area contributed by atoms with Crippen molar-refractivity contribution < 1.29 is 19.1 Å². The second kappa shape index (κ2) is 9.80. The van der Waals surface area contributed by atoms with Crippen molar-refractivity contribution >= 4 is 34.7 Å². The van der Waals surface area contributed by atoms with E-state index in [9.17, 15) is 14.4 Å². The number of aryl methyl sites for hydroxylation is 1. The predicted molar refractivity (Wildman–Crippen MR) is 113 cm³/mol. The molecule has 0 fully saturated rings. The predicted octanol–water partition coefficient (Wildman–Crippen LogP) is 4.94. The van der Waals surface area contributed by atoms with Gasteiger partial charge in [-0.05, 0) is 30.5 Å². The highest BCUT2D eigenvalue weighted by atomic mass is 32.1. The molecule has 0 bridgehead atoms. The number of esters is 1. The van der Waals surface area contributed by atoms with Gasteiger partial charge in [-0.2, -0.15) is 0 Å². The molecule has 0 saturated carbocycles. The van der Waals surface area contributed by atoms with Gasteiger partial charge in [-0.25, -0.2) is 0 Å². The van der Waals surface area contributed by atoms with E-state index in [2.05, 4.69) is 5.32 Å². The van der Waals surface area contributed by atoms with Crippen LogP contribution >= 0.6 is 11.3 Å². The molecular formula is C23H21NO4S. The van der Waals surface area contributed by atoms with Crippen LogP contribution in [-0.2, 0) is 14.3 Å². The van der Waals surface area contributed by atoms with E-state index in [0.717, 1.165) is 5.56 Å². The Morgan fingerprint density at radius 3 is 2.31 bits per heavy atom. The maximum atomic E-state index is 12.8. The van der Waals surface area contributed by atoms with Gasteiger partial charge in [0.2, 0.25) is 6.10 Å². The fraction of sp³-hybridized carbons (Fsp3) is 0.174. The lowest BCUT2D eigenvalue weighted by Crippen LogP contribution is -2.26. The Morgan fingerprint density at radius 1 is 0.931 bits per heavy atom.